The molecule has 0 saturated carbocycles. The predicted octanol–water partition coefficient (Wildman–Crippen LogP) is 1.36. The number of esters is 1. The Hall–Kier alpha value is -3.31. The van der Waals surface area contributed by atoms with E-state index < -0.39 is 47.3 Å². The van der Waals surface area contributed by atoms with Crippen molar-refractivity contribution in [1.29, 1.82) is 5.26 Å². The predicted molar refractivity (Wildman–Crippen MR) is 108 cm³/mol. The second-order valence-corrected chi connectivity index (χ2v) is 7.94. The number of primary amides is 2. The lowest BCUT2D eigenvalue weighted by Crippen LogP contribution is -2.48. The second kappa shape index (κ2) is 7.84. The molecule has 2 aliphatic heterocycles. The Morgan fingerprint density at radius 2 is 1.87 bits per heavy atom. The maximum absolute atomic E-state index is 13.1. The van der Waals surface area contributed by atoms with Crippen molar-refractivity contribution in [3.05, 3.63) is 58.8 Å². The average Bonchev–Trinajstić information content (AvgIpc) is 2.98. The molecule has 1 aromatic carbocycles. The monoisotopic (exact) mass is 428 g/mol. The molecule has 0 bridgehead atoms. The van der Waals surface area contributed by atoms with E-state index in [0.717, 1.165) is 0 Å². The summed E-state index contributed by atoms with van der Waals surface area (Å²) in [4.78, 5) is 39.1. The van der Waals surface area contributed by atoms with Crippen LogP contribution in [0.15, 0.2) is 48.2 Å². The van der Waals surface area contributed by atoms with Crippen LogP contribution < -0.4 is 11.5 Å². The van der Waals surface area contributed by atoms with Crippen LogP contribution in [0.1, 0.15) is 25.3 Å². The molecule has 8 nitrogen and oxygen atoms in total. The van der Waals surface area contributed by atoms with E-state index in [1.54, 1.807) is 38.1 Å². The molecule has 0 aliphatic carbocycles. The molecular weight excluding hydrogens is 408 g/mol. The summed E-state index contributed by atoms with van der Waals surface area (Å²) >= 11 is 6.00. The lowest BCUT2D eigenvalue weighted by molar-refractivity contribution is -0.152. The highest BCUT2D eigenvalue weighted by atomic mass is 35.5. The molecule has 156 valence electrons. The number of nitrogens with two attached hydrogens (primary N) is 2. The zero-order valence-corrected chi connectivity index (χ0v) is 17.2. The number of carbonyl (C=O) groups is 3. The summed E-state index contributed by atoms with van der Waals surface area (Å²) in [6.07, 6.45) is 3.87. The molecule has 9 heteroatoms. The topological polar surface area (TPSA) is 140 Å². The Morgan fingerprint density at radius 3 is 2.37 bits per heavy atom. The fraction of sp³-hybridized carbons (Fsp3) is 0.333. The highest BCUT2D eigenvalue weighted by molar-refractivity contribution is 6.30. The van der Waals surface area contributed by atoms with Crippen LogP contribution in [-0.4, -0.2) is 40.9 Å². The molecule has 0 spiro atoms. The van der Waals surface area contributed by atoms with Crippen molar-refractivity contribution in [2.45, 2.75) is 38.0 Å². The molecule has 4 atom stereocenters. The third-order valence-electron chi connectivity index (χ3n) is 5.36. The number of rotatable bonds is 5. The van der Waals surface area contributed by atoms with Gasteiger partial charge in [0.15, 0.2) is 5.41 Å². The van der Waals surface area contributed by atoms with Crippen molar-refractivity contribution in [2.75, 3.05) is 0 Å². The Balaban J connectivity index is 2.27. The lowest BCUT2D eigenvalue weighted by atomic mass is 9.68. The first-order chi connectivity index (χ1) is 14.1. The number of nitriles is 1. The summed E-state index contributed by atoms with van der Waals surface area (Å²) in [5, 5.41) is 10.6. The summed E-state index contributed by atoms with van der Waals surface area (Å²) in [6.45, 7) is 3.38. The molecule has 1 aromatic rings. The minimum Gasteiger partial charge on any atom is -0.461 e. The number of nitrogens with zero attached hydrogens (tertiary/aromatic N) is 2. The van der Waals surface area contributed by atoms with Crippen molar-refractivity contribution >= 4 is 29.4 Å². The highest BCUT2D eigenvalue weighted by Crippen LogP contribution is 2.53. The van der Waals surface area contributed by atoms with Crippen LogP contribution in [0, 0.1) is 16.7 Å². The molecular formula is C21H21ClN4O4. The summed E-state index contributed by atoms with van der Waals surface area (Å²) in [6, 6.07) is 6.56. The molecule has 0 aromatic heterocycles. The molecule has 2 aliphatic rings. The van der Waals surface area contributed by atoms with Crippen molar-refractivity contribution in [3.8, 4) is 6.07 Å². The SMILES string of the molecule is CC(C)OC(=O)[C@@H]1[C@H](c2ccc(Cl)cc2)[C@@](C#N)(C(N)=O)[C@H]2C=CC(C(N)=O)=CN12. The molecule has 2 heterocycles. The first-order valence-electron chi connectivity index (χ1n) is 9.27. The molecule has 0 unspecified atom stereocenters. The van der Waals surface area contributed by atoms with Gasteiger partial charge < -0.3 is 21.1 Å². The smallest absolute Gasteiger partial charge is 0.329 e. The Morgan fingerprint density at radius 1 is 1.23 bits per heavy atom. The van der Waals surface area contributed by atoms with Gasteiger partial charge in [-0.2, -0.15) is 5.26 Å². The van der Waals surface area contributed by atoms with E-state index in [0.29, 0.717) is 10.6 Å². The minimum atomic E-state index is -1.80. The Bertz CT molecular complexity index is 995. The number of benzene rings is 1. The Kier molecular flexibility index (Phi) is 5.59. The van der Waals surface area contributed by atoms with Gasteiger partial charge in [-0.15, -0.1) is 0 Å². The van der Waals surface area contributed by atoms with Gasteiger partial charge in [0.25, 0.3) is 0 Å². The van der Waals surface area contributed by atoms with E-state index in [-0.39, 0.29) is 5.57 Å². The van der Waals surface area contributed by atoms with Gasteiger partial charge in [0, 0.05) is 17.1 Å². The van der Waals surface area contributed by atoms with Crippen LogP contribution in [0.4, 0.5) is 0 Å². The van der Waals surface area contributed by atoms with Gasteiger partial charge in [-0.25, -0.2) is 4.79 Å². The van der Waals surface area contributed by atoms with E-state index in [1.807, 2.05) is 0 Å². The molecule has 2 amide bonds. The minimum absolute atomic E-state index is 0.127. The summed E-state index contributed by atoms with van der Waals surface area (Å²) < 4.78 is 5.43. The van der Waals surface area contributed by atoms with E-state index >= 15 is 0 Å². The van der Waals surface area contributed by atoms with Crippen LogP contribution in [0.3, 0.4) is 0 Å². The van der Waals surface area contributed by atoms with Crippen LogP contribution >= 0.6 is 11.6 Å². The number of halogens is 1. The fourth-order valence-corrected chi connectivity index (χ4v) is 4.26. The molecule has 4 N–H and O–H groups in total. The largest absolute Gasteiger partial charge is 0.461 e. The average molecular weight is 429 g/mol. The highest BCUT2D eigenvalue weighted by Gasteiger charge is 2.65. The number of ether oxygens (including phenoxy) is 1. The van der Waals surface area contributed by atoms with Gasteiger partial charge in [-0.3, -0.25) is 9.59 Å². The Labute approximate surface area is 178 Å². The van der Waals surface area contributed by atoms with Gasteiger partial charge in [0.2, 0.25) is 11.8 Å². The zero-order valence-electron chi connectivity index (χ0n) is 16.4. The van der Waals surface area contributed by atoms with Crippen LogP contribution in [-0.2, 0) is 19.1 Å². The van der Waals surface area contributed by atoms with Crippen molar-refractivity contribution in [3.63, 3.8) is 0 Å². The van der Waals surface area contributed by atoms with Crippen LogP contribution in [0.2, 0.25) is 5.02 Å². The number of hydrogen-bond acceptors (Lipinski definition) is 6. The molecule has 1 fully saturated rings. The second-order valence-electron chi connectivity index (χ2n) is 7.50. The van der Waals surface area contributed by atoms with Gasteiger partial charge in [-0.05, 0) is 37.6 Å². The van der Waals surface area contributed by atoms with E-state index in [9.17, 15) is 19.6 Å². The first-order valence-corrected chi connectivity index (χ1v) is 9.65. The van der Waals surface area contributed by atoms with Gasteiger partial charge in [-0.1, -0.05) is 29.8 Å². The molecule has 30 heavy (non-hydrogen) atoms. The molecule has 3 rings (SSSR count). The van der Waals surface area contributed by atoms with Crippen LogP contribution in [0.5, 0.6) is 0 Å². The number of hydrogen-bond donors (Lipinski definition) is 2. The summed E-state index contributed by atoms with van der Waals surface area (Å²) in [5.74, 6) is -3.22. The quantitative estimate of drug-likeness (QED) is 0.678. The molecule has 0 radical (unpaired) electrons. The normalized spacial score (nSPS) is 27.2. The number of amides is 2. The van der Waals surface area contributed by atoms with E-state index in [2.05, 4.69) is 6.07 Å². The zero-order chi connectivity index (χ0) is 22.2. The standard InChI is InChI=1S/C21H21ClN4O4/c1-11(2)30-19(28)17-16(12-3-6-14(22)7-4-12)21(10-23,20(25)29)15-8-5-13(18(24)27)9-26(15)17/h3-9,11,15-17H,1-2H3,(H2,24,27)(H2,25,29)/t15-,16+,17+,21+/m1/s1. The number of fused-ring (bicyclic) bond motifs is 1. The number of carbonyl (C=O) groups excluding carboxylic acids is 3. The lowest BCUT2D eigenvalue weighted by Gasteiger charge is -2.32. The summed E-state index contributed by atoms with van der Waals surface area (Å²) in [7, 11) is 0. The fourth-order valence-electron chi connectivity index (χ4n) is 4.13. The van der Waals surface area contributed by atoms with Crippen molar-refractivity contribution < 1.29 is 19.1 Å². The van der Waals surface area contributed by atoms with Gasteiger partial charge in [0.05, 0.1) is 23.8 Å². The van der Waals surface area contributed by atoms with Gasteiger partial charge in [0.1, 0.15) is 6.04 Å². The summed E-state index contributed by atoms with van der Waals surface area (Å²) in [5.41, 5.74) is 10.00. The van der Waals surface area contributed by atoms with Crippen LogP contribution in [0.25, 0.3) is 0 Å². The maximum atomic E-state index is 13.1. The molecule has 1 saturated heterocycles. The van der Waals surface area contributed by atoms with Gasteiger partial charge >= 0.3 is 5.97 Å². The third kappa shape index (κ3) is 3.31. The third-order valence-corrected chi connectivity index (χ3v) is 5.61. The van der Waals surface area contributed by atoms with Crippen molar-refractivity contribution in [2.24, 2.45) is 16.9 Å². The van der Waals surface area contributed by atoms with E-state index in [1.165, 1.54) is 23.3 Å². The van der Waals surface area contributed by atoms with E-state index in [4.69, 9.17) is 27.8 Å². The van der Waals surface area contributed by atoms with Crippen molar-refractivity contribution in [1.82, 2.24) is 4.90 Å². The maximum Gasteiger partial charge on any atom is 0.329 e. The first kappa shape index (κ1) is 21.4.